The molecule has 0 aliphatic heterocycles. The fourth-order valence-electron chi connectivity index (χ4n) is 1.63. The molecule has 0 unspecified atom stereocenters. The monoisotopic (exact) mass is 305 g/mol. The third kappa shape index (κ3) is 4.92. The van der Waals surface area contributed by atoms with E-state index in [0.717, 1.165) is 5.69 Å². The average molecular weight is 305 g/mol. The lowest BCUT2D eigenvalue weighted by Crippen LogP contribution is -2.32. The summed E-state index contributed by atoms with van der Waals surface area (Å²) >= 11 is 5.14. The van der Waals surface area contributed by atoms with Crippen molar-refractivity contribution in [1.29, 1.82) is 0 Å². The van der Waals surface area contributed by atoms with E-state index in [1.165, 1.54) is 6.07 Å². The highest BCUT2D eigenvalue weighted by atomic mass is 32.1. The van der Waals surface area contributed by atoms with Gasteiger partial charge in [0.2, 0.25) is 0 Å². The molecule has 2 rings (SSSR count). The Kier molecular flexibility index (Phi) is 5.34. The number of hydrogen-bond acceptors (Lipinski definition) is 3. The van der Waals surface area contributed by atoms with E-state index in [0.29, 0.717) is 24.0 Å². The van der Waals surface area contributed by atoms with Crippen LogP contribution >= 0.6 is 12.2 Å². The predicted molar refractivity (Wildman–Crippen MR) is 87.0 cm³/mol. The average Bonchev–Trinajstić information content (AvgIpc) is 2.48. The second-order valence-corrected chi connectivity index (χ2v) is 4.69. The van der Waals surface area contributed by atoms with E-state index in [1.807, 2.05) is 12.1 Å². The topological polar surface area (TPSA) is 59.3 Å². The molecule has 0 saturated heterocycles. The minimum Gasteiger partial charge on any atom is -0.489 e. The SMILES string of the molecule is Nc1ccc(NC(=S)NCCOc2ccccc2F)cc1. The van der Waals surface area contributed by atoms with Crippen LogP contribution in [0.4, 0.5) is 15.8 Å². The third-order valence-corrected chi connectivity index (χ3v) is 2.90. The third-order valence-electron chi connectivity index (χ3n) is 2.65. The maximum Gasteiger partial charge on any atom is 0.170 e. The standard InChI is InChI=1S/C15H16FN3OS/c16-13-3-1-2-4-14(13)20-10-9-18-15(21)19-12-7-5-11(17)6-8-12/h1-8H,9-10,17H2,(H2,18,19,21). The number of anilines is 2. The van der Waals surface area contributed by atoms with Gasteiger partial charge in [-0.05, 0) is 48.6 Å². The fraction of sp³-hybridized carbons (Fsp3) is 0.133. The van der Waals surface area contributed by atoms with Gasteiger partial charge in [-0.1, -0.05) is 12.1 Å². The Balaban J connectivity index is 1.70. The van der Waals surface area contributed by atoms with Gasteiger partial charge >= 0.3 is 0 Å². The number of benzene rings is 2. The van der Waals surface area contributed by atoms with Crippen molar-refractivity contribution in [3.63, 3.8) is 0 Å². The number of nitrogens with one attached hydrogen (secondary N) is 2. The molecule has 2 aromatic carbocycles. The largest absolute Gasteiger partial charge is 0.489 e. The van der Waals surface area contributed by atoms with Crippen LogP contribution in [0.25, 0.3) is 0 Å². The van der Waals surface area contributed by atoms with Crippen LogP contribution in [-0.4, -0.2) is 18.3 Å². The van der Waals surface area contributed by atoms with Gasteiger partial charge in [-0.2, -0.15) is 0 Å². The second-order valence-electron chi connectivity index (χ2n) is 4.28. The maximum atomic E-state index is 13.3. The van der Waals surface area contributed by atoms with Gasteiger partial charge in [0.1, 0.15) is 6.61 Å². The highest BCUT2D eigenvalue weighted by molar-refractivity contribution is 7.80. The fourth-order valence-corrected chi connectivity index (χ4v) is 1.85. The van der Waals surface area contributed by atoms with E-state index in [2.05, 4.69) is 10.6 Å². The molecule has 0 aromatic heterocycles. The van der Waals surface area contributed by atoms with Crippen LogP contribution in [0.5, 0.6) is 5.75 Å². The quantitative estimate of drug-likeness (QED) is 0.450. The van der Waals surface area contributed by atoms with E-state index in [9.17, 15) is 4.39 Å². The Hall–Kier alpha value is -2.34. The minimum atomic E-state index is -0.375. The number of ether oxygens (including phenoxy) is 1. The molecule has 110 valence electrons. The van der Waals surface area contributed by atoms with Gasteiger partial charge in [0.15, 0.2) is 16.7 Å². The number of para-hydroxylation sites is 1. The summed E-state index contributed by atoms with van der Waals surface area (Å²) in [6.07, 6.45) is 0. The van der Waals surface area contributed by atoms with Crippen LogP contribution in [0.3, 0.4) is 0 Å². The molecule has 0 heterocycles. The molecule has 0 aliphatic carbocycles. The highest BCUT2D eigenvalue weighted by Gasteiger charge is 2.01. The van der Waals surface area contributed by atoms with Gasteiger partial charge < -0.3 is 21.1 Å². The van der Waals surface area contributed by atoms with Crippen molar-refractivity contribution in [2.75, 3.05) is 24.2 Å². The molecule has 6 heteroatoms. The molecular formula is C15H16FN3OS. The summed E-state index contributed by atoms with van der Waals surface area (Å²) in [7, 11) is 0. The van der Waals surface area contributed by atoms with E-state index in [1.54, 1.807) is 30.3 Å². The van der Waals surface area contributed by atoms with Gasteiger partial charge in [-0.15, -0.1) is 0 Å². The minimum absolute atomic E-state index is 0.233. The second kappa shape index (κ2) is 7.44. The number of nitrogen functional groups attached to an aromatic ring is 1. The number of rotatable bonds is 5. The Morgan fingerprint density at radius 1 is 1.14 bits per heavy atom. The molecule has 21 heavy (non-hydrogen) atoms. The van der Waals surface area contributed by atoms with E-state index in [-0.39, 0.29) is 11.6 Å². The molecule has 0 radical (unpaired) electrons. The smallest absolute Gasteiger partial charge is 0.170 e. The lowest BCUT2D eigenvalue weighted by molar-refractivity contribution is 0.306. The number of thiocarbonyl (C=S) groups is 1. The summed E-state index contributed by atoms with van der Waals surface area (Å²) in [5, 5.41) is 6.46. The Morgan fingerprint density at radius 3 is 2.57 bits per heavy atom. The van der Waals surface area contributed by atoms with Gasteiger partial charge in [0, 0.05) is 11.4 Å². The molecule has 4 N–H and O–H groups in total. The first-order valence-electron chi connectivity index (χ1n) is 6.43. The van der Waals surface area contributed by atoms with Crippen molar-refractivity contribution in [3.8, 4) is 5.75 Å². The number of nitrogens with two attached hydrogens (primary N) is 1. The van der Waals surface area contributed by atoms with E-state index >= 15 is 0 Å². The highest BCUT2D eigenvalue weighted by Crippen LogP contribution is 2.14. The van der Waals surface area contributed by atoms with Gasteiger partial charge in [-0.3, -0.25) is 0 Å². The van der Waals surface area contributed by atoms with Crippen LogP contribution in [0, 0.1) is 5.82 Å². The summed E-state index contributed by atoms with van der Waals surface area (Å²) < 4.78 is 18.6. The van der Waals surface area contributed by atoms with E-state index < -0.39 is 0 Å². The molecule has 0 saturated carbocycles. The van der Waals surface area contributed by atoms with Crippen LogP contribution in [-0.2, 0) is 0 Å². The van der Waals surface area contributed by atoms with Crippen LogP contribution < -0.4 is 21.1 Å². The first-order valence-corrected chi connectivity index (χ1v) is 6.84. The maximum absolute atomic E-state index is 13.3. The summed E-state index contributed by atoms with van der Waals surface area (Å²) in [5.74, 6) is -0.142. The number of halogens is 1. The van der Waals surface area contributed by atoms with Crippen LogP contribution in [0.15, 0.2) is 48.5 Å². The summed E-state index contributed by atoms with van der Waals surface area (Å²) in [6, 6.07) is 13.5. The predicted octanol–water partition coefficient (Wildman–Crippen LogP) is 2.77. The lowest BCUT2D eigenvalue weighted by atomic mass is 10.3. The lowest BCUT2D eigenvalue weighted by Gasteiger charge is -2.11. The summed E-state index contributed by atoms with van der Waals surface area (Å²) in [6.45, 7) is 0.777. The molecule has 4 nitrogen and oxygen atoms in total. The van der Waals surface area contributed by atoms with Crippen molar-refractivity contribution >= 4 is 28.7 Å². The zero-order chi connectivity index (χ0) is 15.1. The van der Waals surface area contributed by atoms with Gasteiger partial charge in [0.25, 0.3) is 0 Å². The molecular weight excluding hydrogens is 289 g/mol. The molecule has 0 aliphatic rings. The Labute approximate surface area is 128 Å². The number of hydrogen-bond donors (Lipinski definition) is 3. The summed E-state index contributed by atoms with van der Waals surface area (Å²) in [5.41, 5.74) is 7.14. The first kappa shape index (κ1) is 15.1. The van der Waals surface area contributed by atoms with Crippen molar-refractivity contribution in [3.05, 3.63) is 54.3 Å². The van der Waals surface area contributed by atoms with Crippen molar-refractivity contribution in [2.45, 2.75) is 0 Å². The van der Waals surface area contributed by atoms with Crippen molar-refractivity contribution in [1.82, 2.24) is 5.32 Å². The Morgan fingerprint density at radius 2 is 1.86 bits per heavy atom. The summed E-state index contributed by atoms with van der Waals surface area (Å²) in [4.78, 5) is 0. The van der Waals surface area contributed by atoms with Crippen LogP contribution in [0.1, 0.15) is 0 Å². The molecule has 0 atom stereocenters. The normalized spacial score (nSPS) is 9.95. The van der Waals surface area contributed by atoms with Gasteiger partial charge in [-0.25, -0.2) is 4.39 Å². The molecule has 2 aromatic rings. The van der Waals surface area contributed by atoms with Crippen LogP contribution in [0.2, 0.25) is 0 Å². The Bertz CT molecular complexity index is 604. The zero-order valence-corrected chi connectivity index (χ0v) is 12.1. The van der Waals surface area contributed by atoms with Crippen molar-refractivity contribution < 1.29 is 9.13 Å². The molecule has 0 spiro atoms. The molecule has 0 bridgehead atoms. The van der Waals surface area contributed by atoms with Crippen molar-refractivity contribution in [2.24, 2.45) is 0 Å². The molecule has 0 fully saturated rings. The molecule has 0 amide bonds. The first-order chi connectivity index (χ1) is 10.1. The van der Waals surface area contributed by atoms with E-state index in [4.69, 9.17) is 22.7 Å². The zero-order valence-electron chi connectivity index (χ0n) is 11.3. The van der Waals surface area contributed by atoms with Gasteiger partial charge in [0.05, 0.1) is 6.54 Å².